The van der Waals surface area contributed by atoms with Gasteiger partial charge in [-0.25, -0.2) is 4.98 Å². The van der Waals surface area contributed by atoms with Gasteiger partial charge in [0.25, 0.3) is 0 Å². The van der Waals surface area contributed by atoms with Gasteiger partial charge in [-0.1, -0.05) is 43.7 Å². The van der Waals surface area contributed by atoms with Gasteiger partial charge in [-0.15, -0.1) is 0 Å². The molecule has 1 heterocycles. The maximum absolute atomic E-state index is 5.93. The number of ether oxygens (including phenoxy) is 2. The van der Waals surface area contributed by atoms with Crippen LogP contribution >= 0.6 is 0 Å². The molecule has 0 saturated carbocycles. The summed E-state index contributed by atoms with van der Waals surface area (Å²) in [6.07, 6.45) is 4.21. The molecule has 130 valence electrons. The number of rotatable bonds is 9. The van der Waals surface area contributed by atoms with Crippen molar-refractivity contribution < 1.29 is 9.47 Å². The van der Waals surface area contributed by atoms with Crippen LogP contribution in [-0.4, -0.2) is 18.2 Å². The SMILES string of the molecule is CCCCOc1c(C)nc(OCCCc2ccccc2)c(C)c1C. The van der Waals surface area contributed by atoms with Crippen LogP contribution in [0.15, 0.2) is 30.3 Å². The Bertz CT molecular complexity index is 638. The molecule has 0 radical (unpaired) electrons. The number of unbranched alkanes of at least 4 members (excludes halogenated alkanes) is 1. The number of benzene rings is 1. The summed E-state index contributed by atoms with van der Waals surface area (Å²) in [5.41, 5.74) is 4.47. The van der Waals surface area contributed by atoms with Crippen molar-refractivity contribution in [3.63, 3.8) is 0 Å². The van der Waals surface area contributed by atoms with Crippen molar-refractivity contribution in [3.05, 3.63) is 52.7 Å². The topological polar surface area (TPSA) is 31.4 Å². The van der Waals surface area contributed by atoms with E-state index in [2.05, 4.69) is 50.0 Å². The average Bonchev–Trinajstić information content (AvgIpc) is 2.60. The van der Waals surface area contributed by atoms with Crippen LogP contribution < -0.4 is 9.47 Å². The quantitative estimate of drug-likeness (QED) is 0.593. The largest absolute Gasteiger partial charge is 0.491 e. The molecule has 0 N–H and O–H groups in total. The normalized spacial score (nSPS) is 10.7. The van der Waals surface area contributed by atoms with Gasteiger partial charge in [-0.05, 0) is 45.6 Å². The number of hydrogen-bond acceptors (Lipinski definition) is 3. The molecule has 24 heavy (non-hydrogen) atoms. The van der Waals surface area contributed by atoms with Crippen LogP contribution in [-0.2, 0) is 6.42 Å². The average molecular weight is 327 g/mol. The molecule has 0 unspecified atom stereocenters. The van der Waals surface area contributed by atoms with Gasteiger partial charge in [0.15, 0.2) is 0 Å². The third kappa shape index (κ3) is 4.98. The summed E-state index contributed by atoms with van der Waals surface area (Å²) >= 11 is 0. The Morgan fingerprint density at radius 2 is 1.58 bits per heavy atom. The highest BCUT2D eigenvalue weighted by atomic mass is 16.5. The zero-order chi connectivity index (χ0) is 17.4. The summed E-state index contributed by atoms with van der Waals surface area (Å²) < 4.78 is 11.8. The summed E-state index contributed by atoms with van der Waals surface area (Å²) in [6, 6.07) is 10.5. The second-order valence-electron chi connectivity index (χ2n) is 6.22. The summed E-state index contributed by atoms with van der Waals surface area (Å²) in [5.74, 6) is 1.65. The maximum atomic E-state index is 5.93. The van der Waals surface area contributed by atoms with E-state index < -0.39 is 0 Å². The molecule has 0 bridgehead atoms. The number of aromatic nitrogens is 1. The Morgan fingerprint density at radius 1 is 0.875 bits per heavy atom. The predicted molar refractivity (Wildman–Crippen MR) is 99.1 cm³/mol. The van der Waals surface area contributed by atoms with Gasteiger partial charge in [-0.3, -0.25) is 0 Å². The highest BCUT2D eigenvalue weighted by Crippen LogP contribution is 2.30. The lowest BCUT2D eigenvalue weighted by Crippen LogP contribution is -2.07. The highest BCUT2D eigenvalue weighted by molar-refractivity contribution is 5.46. The van der Waals surface area contributed by atoms with Gasteiger partial charge >= 0.3 is 0 Å². The number of pyridine rings is 1. The van der Waals surface area contributed by atoms with E-state index in [0.717, 1.165) is 60.7 Å². The van der Waals surface area contributed by atoms with Gasteiger partial charge in [0.1, 0.15) is 5.75 Å². The summed E-state index contributed by atoms with van der Waals surface area (Å²) in [7, 11) is 0. The second-order valence-corrected chi connectivity index (χ2v) is 6.22. The lowest BCUT2D eigenvalue weighted by atomic mass is 10.1. The van der Waals surface area contributed by atoms with Crippen molar-refractivity contribution in [2.75, 3.05) is 13.2 Å². The molecule has 0 amide bonds. The minimum absolute atomic E-state index is 0.678. The molecule has 0 aliphatic heterocycles. The first-order valence-corrected chi connectivity index (χ1v) is 8.90. The highest BCUT2D eigenvalue weighted by Gasteiger charge is 2.14. The maximum Gasteiger partial charge on any atom is 0.216 e. The van der Waals surface area contributed by atoms with Crippen molar-refractivity contribution >= 4 is 0 Å². The molecular weight excluding hydrogens is 298 g/mol. The van der Waals surface area contributed by atoms with Crippen LogP contribution in [0.2, 0.25) is 0 Å². The monoisotopic (exact) mass is 327 g/mol. The van der Waals surface area contributed by atoms with Gasteiger partial charge in [0.05, 0.1) is 18.9 Å². The van der Waals surface area contributed by atoms with Crippen molar-refractivity contribution in [2.24, 2.45) is 0 Å². The zero-order valence-corrected chi connectivity index (χ0v) is 15.4. The summed E-state index contributed by atoms with van der Waals surface area (Å²) in [4.78, 5) is 4.61. The van der Waals surface area contributed by atoms with E-state index in [9.17, 15) is 0 Å². The first-order valence-electron chi connectivity index (χ1n) is 8.90. The lowest BCUT2D eigenvalue weighted by Gasteiger charge is -2.16. The van der Waals surface area contributed by atoms with Crippen LogP contribution in [0, 0.1) is 20.8 Å². The first-order chi connectivity index (χ1) is 11.6. The second kappa shape index (κ2) is 9.31. The van der Waals surface area contributed by atoms with E-state index in [1.807, 2.05) is 13.0 Å². The standard InChI is InChI=1S/C21H29NO2/c1-5-6-14-23-20-16(2)17(3)21(22-18(20)4)24-15-10-13-19-11-8-7-9-12-19/h7-9,11-12H,5-6,10,13-15H2,1-4H3. The van der Waals surface area contributed by atoms with Gasteiger partial charge in [-0.2, -0.15) is 0 Å². The van der Waals surface area contributed by atoms with E-state index in [-0.39, 0.29) is 0 Å². The van der Waals surface area contributed by atoms with Crippen molar-refractivity contribution in [1.29, 1.82) is 0 Å². The van der Waals surface area contributed by atoms with Crippen LogP contribution in [0.5, 0.6) is 11.6 Å². The Hall–Kier alpha value is -2.03. The Labute approximate surface area is 146 Å². The molecule has 0 aliphatic rings. The van der Waals surface area contributed by atoms with Crippen LogP contribution in [0.4, 0.5) is 0 Å². The van der Waals surface area contributed by atoms with Crippen molar-refractivity contribution in [2.45, 2.75) is 53.4 Å². The van der Waals surface area contributed by atoms with E-state index >= 15 is 0 Å². The van der Waals surface area contributed by atoms with Crippen LogP contribution in [0.1, 0.15) is 48.6 Å². The van der Waals surface area contributed by atoms with Gasteiger partial charge in [0.2, 0.25) is 5.88 Å². The molecule has 2 aromatic rings. The summed E-state index contributed by atoms with van der Waals surface area (Å²) in [6.45, 7) is 9.72. The Balaban J connectivity index is 1.93. The fraction of sp³-hybridized carbons (Fsp3) is 0.476. The number of aryl methyl sites for hydroxylation is 2. The molecular formula is C21H29NO2. The first kappa shape index (κ1) is 18.3. The minimum Gasteiger partial charge on any atom is -0.491 e. The van der Waals surface area contributed by atoms with E-state index in [1.165, 1.54) is 5.56 Å². The molecule has 0 spiro atoms. The number of hydrogen-bond donors (Lipinski definition) is 0. The molecule has 0 saturated heterocycles. The van der Waals surface area contributed by atoms with Gasteiger partial charge in [0, 0.05) is 11.1 Å². The van der Waals surface area contributed by atoms with E-state index in [0.29, 0.717) is 6.61 Å². The molecule has 1 aromatic heterocycles. The predicted octanol–water partition coefficient (Wildman–Crippen LogP) is 5.20. The lowest BCUT2D eigenvalue weighted by molar-refractivity contribution is 0.285. The number of nitrogens with zero attached hydrogens (tertiary/aromatic N) is 1. The van der Waals surface area contributed by atoms with Crippen molar-refractivity contribution in [3.8, 4) is 11.6 Å². The minimum atomic E-state index is 0.678. The summed E-state index contributed by atoms with van der Waals surface area (Å²) in [5, 5.41) is 0. The fourth-order valence-corrected chi connectivity index (χ4v) is 2.65. The van der Waals surface area contributed by atoms with Crippen molar-refractivity contribution in [1.82, 2.24) is 4.98 Å². The van der Waals surface area contributed by atoms with E-state index in [4.69, 9.17) is 9.47 Å². The van der Waals surface area contributed by atoms with Crippen LogP contribution in [0.25, 0.3) is 0 Å². The Morgan fingerprint density at radius 3 is 2.29 bits per heavy atom. The van der Waals surface area contributed by atoms with Crippen LogP contribution in [0.3, 0.4) is 0 Å². The van der Waals surface area contributed by atoms with E-state index in [1.54, 1.807) is 0 Å². The zero-order valence-electron chi connectivity index (χ0n) is 15.4. The molecule has 3 nitrogen and oxygen atoms in total. The fourth-order valence-electron chi connectivity index (χ4n) is 2.65. The molecule has 0 atom stereocenters. The third-order valence-electron chi connectivity index (χ3n) is 4.26. The molecule has 0 fully saturated rings. The molecule has 0 aliphatic carbocycles. The third-order valence-corrected chi connectivity index (χ3v) is 4.26. The molecule has 3 heteroatoms. The smallest absolute Gasteiger partial charge is 0.216 e. The van der Waals surface area contributed by atoms with Gasteiger partial charge < -0.3 is 9.47 Å². The molecule has 1 aromatic carbocycles. The molecule has 2 rings (SSSR count). The Kier molecular flexibility index (Phi) is 7.10.